The maximum Gasteiger partial charge on any atom is 0.336 e. The Balaban J connectivity index is 0.000000830. The molecule has 0 saturated carbocycles. The summed E-state index contributed by atoms with van der Waals surface area (Å²) in [5, 5.41) is 22.2. The molecule has 0 aliphatic carbocycles. The lowest BCUT2D eigenvalue weighted by Crippen LogP contribution is -2.20. The van der Waals surface area contributed by atoms with Gasteiger partial charge in [0.05, 0.1) is 11.8 Å². The number of aromatic carboxylic acids is 1. The molecular weight excluding hydrogens is 488 g/mol. The number of hydrogen-bond donors (Lipinski definition) is 6. The van der Waals surface area contributed by atoms with Gasteiger partial charge in [0.2, 0.25) is 0 Å². The zero-order valence-corrected chi connectivity index (χ0v) is 20.1. The highest BCUT2D eigenvalue weighted by Crippen LogP contribution is 2.29. The maximum absolute atomic E-state index is 13.1. The van der Waals surface area contributed by atoms with Gasteiger partial charge in [0.15, 0.2) is 0 Å². The predicted octanol–water partition coefficient (Wildman–Crippen LogP) is 2.45. The lowest BCUT2D eigenvalue weighted by Gasteiger charge is -2.14. The summed E-state index contributed by atoms with van der Waals surface area (Å²) in [4.78, 5) is 36.9. The fourth-order valence-corrected chi connectivity index (χ4v) is 3.09. The quantitative estimate of drug-likeness (QED) is 0.164. The van der Waals surface area contributed by atoms with E-state index >= 15 is 0 Å². The summed E-state index contributed by atoms with van der Waals surface area (Å²) in [5.41, 5.74) is 7.59. The maximum atomic E-state index is 13.1. The van der Waals surface area contributed by atoms with Crippen molar-refractivity contribution < 1.29 is 32.5 Å². The molecule has 0 saturated heterocycles. The molecular formula is C24H24N4O7S. The SMILES string of the molecule is CNC(=O)c1ccc(-c2ccccc2C(=O)O)c(C(=O)Nc2ccc(C(=N)N)cc2)c1.CS(=O)(=O)O. The average Bonchev–Trinajstić information content (AvgIpc) is 2.82. The Morgan fingerprint density at radius 1 is 0.861 bits per heavy atom. The highest BCUT2D eigenvalue weighted by molar-refractivity contribution is 7.85. The Morgan fingerprint density at radius 3 is 1.92 bits per heavy atom. The van der Waals surface area contributed by atoms with Crippen molar-refractivity contribution in [2.75, 3.05) is 18.6 Å². The molecule has 0 bridgehead atoms. The van der Waals surface area contributed by atoms with Gasteiger partial charge in [-0.05, 0) is 53.6 Å². The van der Waals surface area contributed by atoms with Crippen molar-refractivity contribution in [2.24, 2.45) is 5.73 Å². The van der Waals surface area contributed by atoms with Crippen molar-refractivity contribution in [1.29, 1.82) is 5.41 Å². The molecule has 0 spiro atoms. The molecule has 3 aromatic carbocycles. The number of carboxylic acid groups (broad SMARTS) is 1. The molecule has 0 aromatic heterocycles. The fourth-order valence-electron chi connectivity index (χ4n) is 3.09. The molecule has 0 unspecified atom stereocenters. The lowest BCUT2D eigenvalue weighted by atomic mass is 9.93. The van der Waals surface area contributed by atoms with Crippen LogP contribution in [0.1, 0.15) is 36.6 Å². The molecule has 0 heterocycles. The Kier molecular flexibility index (Phi) is 9.02. The Hall–Kier alpha value is -4.55. The summed E-state index contributed by atoms with van der Waals surface area (Å²) in [7, 11) is -2.19. The van der Waals surface area contributed by atoms with Crippen molar-refractivity contribution in [3.63, 3.8) is 0 Å². The number of benzene rings is 3. The van der Waals surface area contributed by atoms with E-state index in [0.29, 0.717) is 28.6 Å². The Morgan fingerprint density at radius 2 is 1.39 bits per heavy atom. The van der Waals surface area contributed by atoms with Crippen LogP contribution >= 0.6 is 0 Å². The lowest BCUT2D eigenvalue weighted by molar-refractivity contribution is 0.0697. The van der Waals surface area contributed by atoms with E-state index in [1.807, 2.05) is 0 Å². The molecule has 3 rings (SSSR count). The van der Waals surface area contributed by atoms with Crippen LogP contribution in [-0.4, -0.2) is 55.0 Å². The van der Waals surface area contributed by atoms with Crippen molar-refractivity contribution in [3.05, 3.63) is 89.0 Å². The first-order valence-corrected chi connectivity index (χ1v) is 12.0. The number of amides is 2. The summed E-state index contributed by atoms with van der Waals surface area (Å²) in [6.07, 6.45) is 0.715. The molecule has 2 amide bonds. The number of carbonyl (C=O) groups is 3. The first kappa shape index (κ1) is 27.7. The number of nitrogen functional groups attached to an aromatic ring is 1. The second-order valence-corrected chi connectivity index (χ2v) is 8.83. The van der Waals surface area contributed by atoms with Crippen molar-refractivity contribution >= 4 is 39.4 Å². The molecule has 0 radical (unpaired) electrons. The summed E-state index contributed by atoms with van der Waals surface area (Å²) in [6, 6.07) is 17.2. The van der Waals surface area contributed by atoms with E-state index in [-0.39, 0.29) is 28.4 Å². The van der Waals surface area contributed by atoms with E-state index in [4.69, 9.17) is 15.7 Å². The summed E-state index contributed by atoms with van der Waals surface area (Å²) in [6.45, 7) is 0. The summed E-state index contributed by atoms with van der Waals surface area (Å²) in [5.74, 6) is -2.12. The number of carboxylic acids is 1. The van der Waals surface area contributed by atoms with Gasteiger partial charge in [-0.25, -0.2) is 4.79 Å². The molecule has 11 nitrogen and oxygen atoms in total. The first-order valence-electron chi connectivity index (χ1n) is 10.2. The Bertz CT molecular complexity index is 1410. The van der Waals surface area contributed by atoms with Crippen LogP contribution < -0.4 is 16.4 Å². The van der Waals surface area contributed by atoms with Crippen LogP contribution in [0.25, 0.3) is 11.1 Å². The van der Waals surface area contributed by atoms with Crippen LogP contribution in [0.3, 0.4) is 0 Å². The average molecular weight is 513 g/mol. The van der Waals surface area contributed by atoms with Gasteiger partial charge in [0, 0.05) is 29.4 Å². The molecule has 0 atom stereocenters. The minimum atomic E-state index is -3.67. The summed E-state index contributed by atoms with van der Waals surface area (Å²) < 4.78 is 25.9. The number of carbonyl (C=O) groups excluding carboxylic acids is 2. The minimum Gasteiger partial charge on any atom is -0.478 e. The second-order valence-electron chi connectivity index (χ2n) is 7.37. The van der Waals surface area contributed by atoms with Gasteiger partial charge in [0.1, 0.15) is 5.84 Å². The topological polar surface area (TPSA) is 200 Å². The van der Waals surface area contributed by atoms with Gasteiger partial charge < -0.3 is 21.5 Å². The molecule has 36 heavy (non-hydrogen) atoms. The van der Waals surface area contributed by atoms with E-state index in [2.05, 4.69) is 10.6 Å². The third-order valence-electron chi connectivity index (χ3n) is 4.65. The fraction of sp³-hybridized carbons (Fsp3) is 0.0833. The molecule has 12 heteroatoms. The van der Waals surface area contributed by atoms with Gasteiger partial charge in [-0.2, -0.15) is 8.42 Å². The van der Waals surface area contributed by atoms with Gasteiger partial charge in [0.25, 0.3) is 21.9 Å². The number of anilines is 1. The van der Waals surface area contributed by atoms with Crippen LogP contribution in [0.5, 0.6) is 0 Å². The number of nitrogens with one attached hydrogen (secondary N) is 3. The smallest absolute Gasteiger partial charge is 0.336 e. The third kappa shape index (κ3) is 7.75. The normalized spacial score (nSPS) is 10.4. The molecule has 188 valence electrons. The van der Waals surface area contributed by atoms with E-state index in [0.717, 1.165) is 0 Å². The van der Waals surface area contributed by atoms with E-state index in [1.165, 1.54) is 25.2 Å². The molecule has 0 fully saturated rings. The minimum absolute atomic E-state index is 0.0371. The number of amidine groups is 1. The van der Waals surface area contributed by atoms with Crippen LogP contribution in [0, 0.1) is 5.41 Å². The Labute approximate surface area is 207 Å². The third-order valence-corrected chi connectivity index (χ3v) is 4.65. The number of hydrogen-bond acceptors (Lipinski definition) is 6. The standard InChI is InChI=1S/C23H20N4O4.CH4O3S/c1-26-21(28)14-8-11-17(16-4-2-3-5-18(16)23(30)31)19(12-14)22(29)27-15-9-6-13(7-10-15)20(24)25;1-5(2,3)4/h2-12H,1H3,(H3,24,25)(H,26,28)(H,27,29)(H,30,31);1H3,(H,2,3,4). The number of nitrogens with two attached hydrogens (primary N) is 1. The highest BCUT2D eigenvalue weighted by atomic mass is 32.2. The second kappa shape index (κ2) is 11.7. The van der Waals surface area contributed by atoms with Gasteiger partial charge in [-0.1, -0.05) is 24.3 Å². The van der Waals surface area contributed by atoms with Crippen LogP contribution in [0.4, 0.5) is 5.69 Å². The largest absolute Gasteiger partial charge is 0.478 e. The molecule has 3 aromatic rings. The highest BCUT2D eigenvalue weighted by Gasteiger charge is 2.20. The molecule has 0 aliphatic heterocycles. The predicted molar refractivity (Wildman–Crippen MR) is 135 cm³/mol. The number of rotatable bonds is 6. The van der Waals surface area contributed by atoms with Gasteiger partial charge >= 0.3 is 5.97 Å². The summed E-state index contributed by atoms with van der Waals surface area (Å²) >= 11 is 0. The zero-order valence-electron chi connectivity index (χ0n) is 19.3. The van der Waals surface area contributed by atoms with Crippen LogP contribution in [0.2, 0.25) is 0 Å². The van der Waals surface area contributed by atoms with Crippen LogP contribution in [-0.2, 0) is 10.1 Å². The van der Waals surface area contributed by atoms with E-state index in [1.54, 1.807) is 48.5 Å². The van der Waals surface area contributed by atoms with Crippen molar-refractivity contribution in [1.82, 2.24) is 5.32 Å². The van der Waals surface area contributed by atoms with Gasteiger partial charge in [-0.3, -0.25) is 19.6 Å². The zero-order chi connectivity index (χ0) is 27.0. The monoisotopic (exact) mass is 512 g/mol. The first-order chi connectivity index (χ1) is 16.8. The van der Waals surface area contributed by atoms with E-state index in [9.17, 15) is 27.9 Å². The van der Waals surface area contributed by atoms with Crippen molar-refractivity contribution in [2.45, 2.75) is 0 Å². The van der Waals surface area contributed by atoms with Crippen LogP contribution in [0.15, 0.2) is 66.7 Å². The van der Waals surface area contributed by atoms with E-state index < -0.39 is 22.0 Å². The molecule has 7 N–H and O–H groups in total. The van der Waals surface area contributed by atoms with Gasteiger partial charge in [-0.15, -0.1) is 0 Å². The molecule has 0 aliphatic rings. The van der Waals surface area contributed by atoms with Crippen molar-refractivity contribution in [3.8, 4) is 11.1 Å².